The zero-order valence-corrected chi connectivity index (χ0v) is 34.3. The van der Waals surface area contributed by atoms with Crippen LogP contribution in [-0.4, -0.2) is 13.0 Å². The molecule has 0 spiro atoms. The van der Waals surface area contributed by atoms with Crippen molar-refractivity contribution in [3.8, 4) is 11.5 Å². The van der Waals surface area contributed by atoms with Gasteiger partial charge in [-0.05, 0) is 157 Å². The van der Waals surface area contributed by atoms with Crippen LogP contribution in [0.3, 0.4) is 0 Å². The summed E-state index contributed by atoms with van der Waals surface area (Å²) < 4.78 is 35.2. The molecule has 0 saturated carbocycles. The van der Waals surface area contributed by atoms with Crippen LogP contribution in [0.5, 0.6) is 11.5 Å². The Morgan fingerprint density at radius 1 is 0.604 bits per heavy atom. The van der Waals surface area contributed by atoms with E-state index in [1.165, 1.54) is 58.1 Å². The molecule has 0 aromatic heterocycles. The second-order valence-corrected chi connectivity index (χ2v) is 14.3. The summed E-state index contributed by atoms with van der Waals surface area (Å²) in [5, 5.41) is 12.1. The summed E-state index contributed by atoms with van der Waals surface area (Å²) in [6.07, 6.45) is 29.5. The van der Waals surface area contributed by atoms with Crippen LogP contribution in [0.2, 0.25) is 0 Å². The quantitative estimate of drug-likeness (QED) is 0.0748. The number of hydrogen-bond donors (Lipinski definition) is 1. The molecule has 0 fully saturated rings. The fourth-order valence-electron chi connectivity index (χ4n) is 5.11. The van der Waals surface area contributed by atoms with E-state index < -0.39 is 10.4 Å². The van der Waals surface area contributed by atoms with Crippen LogP contribution in [0.25, 0.3) is 0 Å². The Balaban J connectivity index is 0.0000221. The normalized spacial score (nSPS) is 13.8. The molecule has 0 amide bonds. The molecule has 0 aliphatic heterocycles. The maximum Gasteiger partial charge on any atom is 1.00 e. The Morgan fingerprint density at radius 2 is 0.938 bits per heavy atom. The smallest absolute Gasteiger partial charge is 0.872 e. The first kappa shape index (κ1) is 45.9. The zero-order chi connectivity index (χ0) is 35.2. The number of rotatable bonds is 22. The molecule has 1 aromatic carbocycles. The van der Waals surface area contributed by atoms with Gasteiger partial charge in [-0.25, -0.2) is 0 Å². The van der Waals surface area contributed by atoms with Crippen LogP contribution in [0.4, 0.5) is 0 Å². The molecule has 1 rings (SSSR count). The van der Waals surface area contributed by atoms with Crippen molar-refractivity contribution < 1.29 is 51.8 Å². The minimum absolute atomic E-state index is 0. The van der Waals surface area contributed by atoms with Gasteiger partial charge in [0.15, 0.2) is 0 Å². The van der Waals surface area contributed by atoms with E-state index in [2.05, 4.69) is 89.1 Å². The molecular formula is C41H61NaO5S. The van der Waals surface area contributed by atoms with Crippen molar-refractivity contribution in [1.29, 1.82) is 0 Å². The third-order valence-electron chi connectivity index (χ3n) is 8.15. The van der Waals surface area contributed by atoms with Gasteiger partial charge in [0.2, 0.25) is 0 Å². The number of benzene rings is 1. The van der Waals surface area contributed by atoms with E-state index in [1.807, 2.05) is 13.0 Å². The van der Waals surface area contributed by atoms with E-state index in [9.17, 15) is 13.5 Å². The Labute approximate surface area is 316 Å². The van der Waals surface area contributed by atoms with Gasteiger partial charge in [-0.2, -0.15) is 8.42 Å². The molecular weight excluding hydrogens is 628 g/mol. The number of allylic oxidation sites excluding steroid dienone is 14. The fourth-order valence-corrected chi connectivity index (χ4v) is 5.45. The zero-order valence-electron chi connectivity index (χ0n) is 31.5. The topological polar surface area (TPSA) is 86.7 Å². The Morgan fingerprint density at radius 3 is 1.27 bits per heavy atom. The molecule has 7 heteroatoms. The van der Waals surface area contributed by atoms with E-state index in [1.54, 1.807) is 0 Å². The second kappa shape index (κ2) is 25.8. The summed E-state index contributed by atoms with van der Waals surface area (Å²) in [6.45, 7) is 17.5. The molecule has 0 saturated heterocycles. The standard InChI is InChI=1S/C41H62O5S.Na/c1-32(2)15-9-16-33(3)17-10-18-34(4)19-11-20-35(5)21-12-22-36(6)23-13-24-37(7)25-14-26-38(8)27-28-39-31-40(29-30-41(39)42)46-47(43,44)45;/h15,17,19,21,23,25,27,29-31,42H,9-14,16,18,20,22,24,26,28H2,1-8H3,(H,43,44,45);/q;+1/p-1/b33-17+,34-19+,35-21+,36-23+,37-25+,38-27+;. The maximum atomic E-state index is 12.1. The molecule has 0 radical (unpaired) electrons. The van der Waals surface area contributed by atoms with Gasteiger partial charge in [-0.1, -0.05) is 87.6 Å². The summed E-state index contributed by atoms with van der Waals surface area (Å²) in [7, 11) is -4.62. The molecule has 1 N–H and O–H groups in total. The predicted octanol–water partition coefficient (Wildman–Crippen LogP) is 8.81. The van der Waals surface area contributed by atoms with Crippen molar-refractivity contribution in [2.75, 3.05) is 0 Å². The average molecular weight is 689 g/mol. The summed E-state index contributed by atoms with van der Waals surface area (Å²) >= 11 is 0. The van der Waals surface area contributed by atoms with Gasteiger partial charge in [0.1, 0.15) is 5.75 Å². The first-order valence-electron chi connectivity index (χ1n) is 17.2. The molecule has 0 atom stereocenters. The van der Waals surface area contributed by atoms with Gasteiger partial charge >= 0.3 is 40.0 Å². The van der Waals surface area contributed by atoms with Crippen LogP contribution in [0.1, 0.15) is 138 Å². The van der Waals surface area contributed by atoms with Crippen molar-refractivity contribution in [2.45, 2.75) is 139 Å². The van der Waals surface area contributed by atoms with E-state index in [4.69, 9.17) is 4.55 Å². The molecule has 0 aliphatic rings. The van der Waals surface area contributed by atoms with E-state index >= 15 is 0 Å². The average Bonchev–Trinajstić information content (AvgIpc) is 2.96. The second-order valence-electron chi connectivity index (χ2n) is 13.3. The molecule has 0 unspecified atom stereocenters. The van der Waals surface area contributed by atoms with Crippen LogP contribution in [-0.2, 0) is 16.8 Å². The third kappa shape index (κ3) is 25.0. The molecule has 5 nitrogen and oxygen atoms in total. The Kier molecular flexibility index (Phi) is 24.7. The molecule has 48 heavy (non-hydrogen) atoms. The summed E-state index contributed by atoms with van der Waals surface area (Å²) in [5.41, 5.74) is 10.3. The maximum absolute atomic E-state index is 12.1. The molecule has 0 aliphatic carbocycles. The fraction of sp³-hybridized carbons (Fsp3) is 0.512. The SMILES string of the molecule is CC(C)=CCC/C(C)=C/CC/C(C)=C/CC/C(C)=C/CC/C(C)=C/CC/C(C)=C/CC/C(C)=C/Cc1cc(OS(=O)(=O)O)ccc1[O-].[Na+]. The first-order valence-corrected chi connectivity index (χ1v) is 18.5. The van der Waals surface area contributed by atoms with Crippen molar-refractivity contribution in [2.24, 2.45) is 0 Å². The van der Waals surface area contributed by atoms with Gasteiger partial charge in [0, 0.05) is 0 Å². The summed E-state index contributed by atoms with van der Waals surface area (Å²) in [4.78, 5) is 0. The van der Waals surface area contributed by atoms with E-state index in [0.29, 0.717) is 12.0 Å². The van der Waals surface area contributed by atoms with Crippen molar-refractivity contribution in [3.05, 3.63) is 105 Å². The van der Waals surface area contributed by atoms with Gasteiger partial charge in [0.25, 0.3) is 0 Å². The van der Waals surface area contributed by atoms with Crippen LogP contribution in [0.15, 0.2) is 99.7 Å². The van der Waals surface area contributed by atoms with Crippen LogP contribution < -0.4 is 38.8 Å². The molecule has 262 valence electrons. The summed E-state index contributed by atoms with van der Waals surface area (Å²) in [6, 6.07) is 3.83. The van der Waals surface area contributed by atoms with E-state index in [0.717, 1.165) is 76.2 Å². The van der Waals surface area contributed by atoms with Crippen LogP contribution in [0, 0.1) is 0 Å². The largest absolute Gasteiger partial charge is 1.00 e. The van der Waals surface area contributed by atoms with Gasteiger partial charge in [-0.15, -0.1) is 5.75 Å². The molecule has 1 aromatic rings. The minimum atomic E-state index is -4.62. The van der Waals surface area contributed by atoms with Crippen LogP contribution >= 0.6 is 0 Å². The minimum Gasteiger partial charge on any atom is -0.872 e. The number of hydrogen-bond acceptors (Lipinski definition) is 4. The van der Waals surface area contributed by atoms with Gasteiger partial charge < -0.3 is 9.29 Å². The summed E-state index contributed by atoms with van der Waals surface area (Å²) in [5.74, 6) is -0.275. The van der Waals surface area contributed by atoms with Crippen molar-refractivity contribution in [1.82, 2.24) is 0 Å². The van der Waals surface area contributed by atoms with Crippen molar-refractivity contribution >= 4 is 10.4 Å². The Hall–Kier alpha value is -2.09. The van der Waals surface area contributed by atoms with Crippen molar-refractivity contribution in [3.63, 3.8) is 0 Å². The Bertz CT molecular complexity index is 1430. The monoisotopic (exact) mass is 688 g/mol. The molecule has 0 bridgehead atoms. The third-order valence-corrected chi connectivity index (χ3v) is 8.56. The van der Waals surface area contributed by atoms with Gasteiger partial charge in [-0.3, -0.25) is 4.55 Å². The van der Waals surface area contributed by atoms with E-state index in [-0.39, 0.29) is 41.1 Å². The molecule has 0 heterocycles. The predicted molar refractivity (Wildman–Crippen MR) is 199 cm³/mol. The van der Waals surface area contributed by atoms with Gasteiger partial charge in [0.05, 0.1) is 0 Å². The first-order chi connectivity index (χ1) is 22.1.